The maximum absolute atomic E-state index is 12.0. The second-order valence-corrected chi connectivity index (χ2v) is 5.64. The second kappa shape index (κ2) is 8.90. The van der Waals surface area contributed by atoms with Crippen molar-refractivity contribution in [2.24, 2.45) is 0 Å². The normalized spacial score (nSPS) is 17.1. The SMILES string of the molecule is CN(C)CCN1CCN(CC(=O)N(C)CCC#N)CC1. The molecule has 1 fully saturated rings. The van der Waals surface area contributed by atoms with Crippen LogP contribution in [0.1, 0.15) is 6.42 Å². The molecule has 0 aromatic heterocycles. The highest BCUT2D eigenvalue weighted by atomic mass is 16.2. The van der Waals surface area contributed by atoms with Gasteiger partial charge < -0.3 is 9.80 Å². The fraction of sp³-hybridized carbons (Fsp3) is 0.857. The van der Waals surface area contributed by atoms with Gasteiger partial charge in [0.25, 0.3) is 0 Å². The third-order valence-electron chi connectivity index (χ3n) is 3.67. The van der Waals surface area contributed by atoms with Gasteiger partial charge in [-0.15, -0.1) is 0 Å². The van der Waals surface area contributed by atoms with Crippen LogP contribution in [-0.2, 0) is 4.79 Å². The van der Waals surface area contributed by atoms with Crippen LogP contribution in [-0.4, -0.2) is 99.0 Å². The minimum absolute atomic E-state index is 0.113. The first-order valence-corrected chi connectivity index (χ1v) is 7.23. The van der Waals surface area contributed by atoms with Gasteiger partial charge in [-0.2, -0.15) is 5.26 Å². The number of nitrogens with zero attached hydrogens (tertiary/aromatic N) is 5. The third-order valence-corrected chi connectivity index (χ3v) is 3.67. The molecule has 0 unspecified atom stereocenters. The van der Waals surface area contributed by atoms with E-state index in [2.05, 4.69) is 34.9 Å². The average molecular weight is 281 g/mol. The fourth-order valence-electron chi connectivity index (χ4n) is 2.17. The van der Waals surface area contributed by atoms with Crippen molar-refractivity contribution < 1.29 is 4.79 Å². The second-order valence-electron chi connectivity index (χ2n) is 5.64. The molecule has 0 radical (unpaired) electrons. The van der Waals surface area contributed by atoms with Crippen LogP contribution in [0.15, 0.2) is 0 Å². The lowest BCUT2D eigenvalue weighted by Gasteiger charge is -2.35. The molecule has 20 heavy (non-hydrogen) atoms. The van der Waals surface area contributed by atoms with Crippen LogP contribution in [0.4, 0.5) is 0 Å². The molecule has 114 valence electrons. The molecule has 0 atom stereocenters. The Balaban J connectivity index is 2.21. The fourth-order valence-corrected chi connectivity index (χ4v) is 2.17. The van der Waals surface area contributed by atoms with Crippen LogP contribution in [0.5, 0.6) is 0 Å². The largest absolute Gasteiger partial charge is 0.344 e. The number of carbonyl (C=O) groups excluding carboxylic acids is 1. The average Bonchev–Trinajstić information content (AvgIpc) is 2.43. The number of nitriles is 1. The summed E-state index contributed by atoms with van der Waals surface area (Å²) in [5.41, 5.74) is 0. The van der Waals surface area contributed by atoms with E-state index in [0.717, 1.165) is 39.3 Å². The number of hydrogen-bond acceptors (Lipinski definition) is 5. The number of rotatable bonds is 7. The minimum Gasteiger partial charge on any atom is -0.344 e. The Bertz CT molecular complexity index is 331. The lowest BCUT2D eigenvalue weighted by atomic mass is 10.3. The number of hydrogen-bond donors (Lipinski definition) is 0. The lowest BCUT2D eigenvalue weighted by Crippen LogP contribution is -2.50. The number of carbonyl (C=O) groups is 1. The summed E-state index contributed by atoms with van der Waals surface area (Å²) in [5, 5.41) is 8.53. The Kier molecular flexibility index (Phi) is 7.52. The van der Waals surface area contributed by atoms with Crippen LogP contribution < -0.4 is 0 Å². The predicted octanol–water partition coefficient (Wildman–Crippen LogP) is -0.462. The molecule has 0 aliphatic carbocycles. The zero-order chi connectivity index (χ0) is 15.0. The zero-order valence-electron chi connectivity index (χ0n) is 13.0. The molecule has 0 saturated carbocycles. The molecule has 1 amide bonds. The molecule has 1 aliphatic heterocycles. The molecule has 1 rings (SSSR count). The van der Waals surface area contributed by atoms with Gasteiger partial charge in [-0.25, -0.2) is 0 Å². The van der Waals surface area contributed by atoms with E-state index in [1.807, 2.05) is 0 Å². The Morgan fingerprint density at radius 3 is 2.25 bits per heavy atom. The first-order chi connectivity index (χ1) is 9.52. The summed E-state index contributed by atoms with van der Waals surface area (Å²) in [6.45, 7) is 7.14. The van der Waals surface area contributed by atoms with E-state index in [4.69, 9.17) is 5.26 Å². The van der Waals surface area contributed by atoms with E-state index >= 15 is 0 Å². The van der Waals surface area contributed by atoms with Crippen molar-refractivity contribution in [3.8, 4) is 6.07 Å². The molecular weight excluding hydrogens is 254 g/mol. The predicted molar refractivity (Wildman–Crippen MR) is 79.3 cm³/mol. The highest BCUT2D eigenvalue weighted by molar-refractivity contribution is 5.78. The molecular formula is C14H27N5O. The van der Waals surface area contributed by atoms with E-state index in [0.29, 0.717) is 19.5 Å². The maximum Gasteiger partial charge on any atom is 0.236 e. The van der Waals surface area contributed by atoms with Gasteiger partial charge in [-0.1, -0.05) is 0 Å². The molecule has 0 bridgehead atoms. The van der Waals surface area contributed by atoms with Gasteiger partial charge in [0.15, 0.2) is 0 Å². The smallest absolute Gasteiger partial charge is 0.236 e. The van der Waals surface area contributed by atoms with Gasteiger partial charge in [0.2, 0.25) is 5.91 Å². The summed E-state index contributed by atoms with van der Waals surface area (Å²) in [5.74, 6) is 0.113. The van der Waals surface area contributed by atoms with Crippen molar-refractivity contribution in [2.45, 2.75) is 6.42 Å². The summed E-state index contributed by atoms with van der Waals surface area (Å²) in [6.07, 6.45) is 0.403. The number of piperazine rings is 1. The molecule has 0 aromatic rings. The summed E-state index contributed by atoms with van der Waals surface area (Å²) < 4.78 is 0. The monoisotopic (exact) mass is 281 g/mol. The van der Waals surface area contributed by atoms with E-state index in [-0.39, 0.29) is 5.91 Å². The summed E-state index contributed by atoms with van der Waals surface area (Å²) in [7, 11) is 5.95. The summed E-state index contributed by atoms with van der Waals surface area (Å²) >= 11 is 0. The van der Waals surface area contributed by atoms with Crippen molar-refractivity contribution in [3.63, 3.8) is 0 Å². The first-order valence-electron chi connectivity index (χ1n) is 7.23. The summed E-state index contributed by atoms with van der Waals surface area (Å²) in [6, 6.07) is 2.07. The van der Waals surface area contributed by atoms with Crippen molar-refractivity contribution in [1.29, 1.82) is 5.26 Å². The minimum atomic E-state index is 0.113. The standard InChI is InChI=1S/C14H27N5O/c1-16(2)7-8-18-9-11-19(12-10-18)13-14(20)17(3)6-4-5-15/h4,6-13H2,1-3H3. The Hall–Kier alpha value is -1.16. The molecule has 0 spiro atoms. The van der Waals surface area contributed by atoms with Crippen molar-refractivity contribution >= 4 is 5.91 Å². The zero-order valence-corrected chi connectivity index (χ0v) is 13.0. The van der Waals surface area contributed by atoms with E-state index in [9.17, 15) is 4.79 Å². The Morgan fingerprint density at radius 2 is 1.70 bits per heavy atom. The van der Waals surface area contributed by atoms with Crippen molar-refractivity contribution in [2.75, 3.05) is 73.5 Å². The van der Waals surface area contributed by atoms with Crippen LogP contribution in [0, 0.1) is 11.3 Å². The van der Waals surface area contributed by atoms with Crippen molar-refractivity contribution in [3.05, 3.63) is 0 Å². The molecule has 1 saturated heterocycles. The molecule has 1 heterocycles. The van der Waals surface area contributed by atoms with Gasteiger partial charge in [0.05, 0.1) is 19.0 Å². The molecule has 1 aliphatic rings. The van der Waals surface area contributed by atoms with Crippen molar-refractivity contribution in [1.82, 2.24) is 19.6 Å². The van der Waals surface area contributed by atoms with Gasteiger partial charge in [-0.3, -0.25) is 14.6 Å². The molecule has 0 N–H and O–H groups in total. The highest BCUT2D eigenvalue weighted by Crippen LogP contribution is 2.02. The molecule has 6 nitrogen and oxygen atoms in total. The topological polar surface area (TPSA) is 53.8 Å². The van der Waals surface area contributed by atoms with Crippen LogP contribution in [0.25, 0.3) is 0 Å². The lowest BCUT2D eigenvalue weighted by molar-refractivity contribution is -0.131. The van der Waals surface area contributed by atoms with Gasteiger partial charge >= 0.3 is 0 Å². The van der Waals surface area contributed by atoms with Crippen LogP contribution >= 0.6 is 0 Å². The Morgan fingerprint density at radius 1 is 1.10 bits per heavy atom. The summed E-state index contributed by atoms with van der Waals surface area (Å²) in [4.78, 5) is 20.5. The van der Waals surface area contributed by atoms with E-state index in [1.54, 1.807) is 11.9 Å². The number of amides is 1. The van der Waals surface area contributed by atoms with Crippen LogP contribution in [0.2, 0.25) is 0 Å². The van der Waals surface area contributed by atoms with Gasteiger partial charge in [-0.05, 0) is 14.1 Å². The first kappa shape index (κ1) is 16.9. The molecule has 0 aromatic carbocycles. The van der Waals surface area contributed by atoms with E-state index in [1.165, 1.54) is 0 Å². The van der Waals surface area contributed by atoms with Crippen LogP contribution in [0.3, 0.4) is 0 Å². The quantitative estimate of drug-likeness (QED) is 0.632. The molecule has 6 heteroatoms. The Labute approximate surface area is 122 Å². The van der Waals surface area contributed by atoms with E-state index < -0.39 is 0 Å². The maximum atomic E-state index is 12.0. The van der Waals surface area contributed by atoms with Gasteiger partial charge in [0.1, 0.15) is 0 Å². The third kappa shape index (κ3) is 6.33. The number of likely N-dealkylation sites (N-methyl/N-ethyl adjacent to an activating group) is 2. The highest BCUT2D eigenvalue weighted by Gasteiger charge is 2.20. The van der Waals surface area contributed by atoms with Gasteiger partial charge in [0, 0.05) is 52.9 Å².